The Morgan fingerprint density at radius 3 is 2.28 bits per heavy atom. The summed E-state index contributed by atoms with van der Waals surface area (Å²) >= 11 is 3.44. The van der Waals surface area contributed by atoms with E-state index in [0.717, 1.165) is 34.0 Å². The summed E-state index contributed by atoms with van der Waals surface area (Å²) in [5.74, 6) is 1.25. The monoisotopic (exact) mass is 460 g/mol. The van der Waals surface area contributed by atoms with Crippen molar-refractivity contribution in [1.29, 1.82) is 5.41 Å². The highest BCUT2D eigenvalue weighted by molar-refractivity contribution is 9.10. The number of rotatable bonds is 10. The van der Waals surface area contributed by atoms with Gasteiger partial charge in [0, 0.05) is 28.1 Å². The number of ether oxygens (including phenoxy) is 2. The largest absolute Gasteiger partial charge is 0.493 e. The molecule has 6 heteroatoms. The number of methoxy groups -OCH3 is 2. The summed E-state index contributed by atoms with van der Waals surface area (Å²) in [6, 6.07) is 11.4. The molecule has 1 atom stereocenters. The topological polar surface area (TPSA) is 71.4 Å². The lowest BCUT2D eigenvalue weighted by Crippen LogP contribution is -2.36. The molecular weight excluding hydrogens is 432 g/mol. The lowest BCUT2D eigenvalue weighted by Gasteiger charge is -2.21. The van der Waals surface area contributed by atoms with Gasteiger partial charge in [-0.25, -0.2) is 0 Å². The van der Waals surface area contributed by atoms with Crippen LogP contribution in [0.15, 0.2) is 40.9 Å². The highest BCUT2D eigenvalue weighted by Gasteiger charge is 2.19. The van der Waals surface area contributed by atoms with Gasteiger partial charge in [0.25, 0.3) is 0 Å². The van der Waals surface area contributed by atoms with E-state index >= 15 is 0 Å². The summed E-state index contributed by atoms with van der Waals surface area (Å²) in [4.78, 5) is 12.1. The molecule has 0 aliphatic heterocycles. The summed E-state index contributed by atoms with van der Waals surface area (Å²) in [5, 5.41) is 11.9. The van der Waals surface area contributed by atoms with Crippen LogP contribution in [-0.2, 0) is 11.2 Å². The molecule has 0 bridgehead atoms. The van der Waals surface area contributed by atoms with Crippen molar-refractivity contribution in [3.63, 3.8) is 0 Å². The van der Waals surface area contributed by atoms with Gasteiger partial charge in [0.1, 0.15) is 0 Å². The van der Waals surface area contributed by atoms with Crippen LogP contribution in [0.2, 0.25) is 0 Å². The van der Waals surface area contributed by atoms with Gasteiger partial charge in [-0.15, -0.1) is 0 Å². The summed E-state index contributed by atoms with van der Waals surface area (Å²) in [6.45, 7) is 4.05. The number of halogens is 1. The quantitative estimate of drug-likeness (QED) is 0.483. The van der Waals surface area contributed by atoms with E-state index in [1.807, 2.05) is 43.3 Å². The fourth-order valence-corrected chi connectivity index (χ4v) is 3.45. The van der Waals surface area contributed by atoms with E-state index in [1.165, 1.54) is 0 Å². The van der Waals surface area contributed by atoms with Crippen LogP contribution in [0.25, 0.3) is 0 Å². The molecule has 1 amide bonds. The van der Waals surface area contributed by atoms with Crippen molar-refractivity contribution >= 4 is 27.5 Å². The number of benzene rings is 2. The van der Waals surface area contributed by atoms with Crippen molar-refractivity contribution in [2.75, 3.05) is 14.2 Å². The molecule has 0 aliphatic carbocycles. The van der Waals surface area contributed by atoms with Crippen LogP contribution >= 0.6 is 15.9 Å². The number of nitrogens with one attached hydrogen (secondary N) is 2. The molecule has 0 spiro atoms. The number of hydrogen-bond acceptors (Lipinski definition) is 4. The predicted molar refractivity (Wildman–Crippen MR) is 120 cm³/mol. The van der Waals surface area contributed by atoms with Crippen molar-refractivity contribution in [3.8, 4) is 11.5 Å². The summed E-state index contributed by atoms with van der Waals surface area (Å²) in [5.41, 5.74) is 2.93. The maximum Gasteiger partial charge on any atom is 0.220 e. The molecule has 0 aromatic heterocycles. The average molecular weight is 461 g/mol. The molecule has 156 valence electrons. The third kappa shape index (κ3) is 6.07. The van der Waals surface area contributed by atoms with Gasteiger partial charge >= 0.3 is 0 Å². The molecule has 0 saturated heterocycles. The maximum atomic E-state index is 12.1. The Morgan fingerprint density at radius 1 is 1.10 bits per heavy atom. The van der Waals surface area contributed by atoms with Crippen molar-refractivity contribution in [2.24, 2.45) is 0 Å². The standard InChI is InChI=1S/C23H29BrN2O3/c1-5-7-22(27)26-18(6-2)12-16-13-20(28-3)21(29-4)14-19(16)23(25)15-8-10-17(24)11-9-15/h8-11,13-14,18,25H,5-7,12H2,1-4H3,(H,26,27). The molecule has 1 unspecified atom stereocenters. The summed E-state index contributed by atoms with van der Waals surface area (Å²) < 4.78 is 11.9. The van der Waals surface area contributed by atoms with E-state index in [1.54, 1.807) is 14.2 Å². The summed E-state index contributed by atoms with van der Waals surface area (Å²) in [7, 11) is 3.19. The van der Waals surface area contributed by atoms with Crippen molar-refractivity contribution < 1.29 is 14.3 Å². The SMILES string of the molecule is CCCC(=O)NC(CC)Cc1cc(OC)c(OC)cc1C(=N)c1ccc(Br)cc1. The first-order valence-corrected chi connectivity index (χ1v) is 10.6. The van der Waals surface area contributed by atoms with E-state index < -0.39 is 0 Å². The molecule has 2 aromatic carbocycles. The minimum atomic E-state index is -0.0105. The van der Waals surface area contributed by atoms with Gasteiger partial charge < -0.3 is 14.8 Å². The Balaban J connectivity index is 2.44. The van der Waals surface area contributed by atoms with Gasteiger partial charge in [-0.2, -0.15) is 0 Å². The zero-order valence-corrected chi connectivity index (χ0v) is 19.1. The Kier molecular flexibility index (Phi) is 8.70. The van der Waals surface area contributed by atoms with Gasteiger partial charge in [-0.1, -0.05) is 41.9 Å². The molecular formula is C23H29BrN2O3. The Hall–Kier alpha value is -2.34. The fourth-order valence-electron chi connectivity index (χ4n) is 3.18. The molecule has 0 aliphatic rings. The van der Waals surface area contributed by atoms with Gasteiger partial charge in [0.2, 0.25) is 5.91 Å². The molecule has 0 saturated carbocycles. The van der Waals surface area contributed by atoms with Gasteiger partial charge in [0.15, 0.2) is 11.5 Å². The van der Waals surface area contributed by atoms with E-state index in [2.05, 4.69) is 28.2 Å². The first-order valence-electron chi connectivity index (χ1n) is 9.82. The lowest BCUT2D eigenvalue weighted by atomic mass is 9.92. The number of carbonyl (C=O) groups is 1. The second-order valence-electron chi connectivity index (χ2n) is 6.87. The zero-order valence-electron chi connectivity index (χ0n) is 17.5. The number of amides is 1. The molecule has 0 radical (unpaired) electrons. The van der Waals surface area contributed by atoms with E-state index in [4.69, 9.17) is 14.9 Å². The van der Waals surface area contributed by atoms with Crippen LogP contribution in [0.1, 0.15) is 49.8 Å². The second kappa shape index (κ2) is 11.0. The van der Waals surface area contributed by atoms with E-state index in [9.17, 15) is 4.79 Å². The van der Waals surface area contributed by atoms with Crippen LogP contribution < -0.4 is 14.8 Å². The van der Waals surface area contributed by atoms with Crippen LogP contribution in [0.4, 0.5) is 0 Å². The molecule has 0 heterocycles. The molecule has 29 heavy (non-hydrogen) atoms. The van der Waals surface area contributed by atoms with Crippen LogP contribution in [0.3, 0.4) is 0 Å². The highest BCUT2D eigenvalue weighted by Crippen LogP contribution is 2.32. The average Bonchev–Trinajstić information content (AvgIpc) is 2.73. The van der Waals surface area contributed by atoms with Crippen molar-refractivity contribution in [1.82, 2.24) is 5.32 Å². The number of carbonyl (C=O) groups excluding carboxylic acids is 1. The van der Waals surface area contributed by atoms with Crippen LogP contribution in [-0.4, -0.2) is 31.9 Å². The fraction of sp³-hybridized carbons (Fsp3) is 0.391. The van der Waals surface area contributed by atoms with Crippen molar-refractivity contribution in [2.45, 2.75) is 45.6 Å². The molecule has 2 rings (SSSR count). The third-order valence-electron chi connectivity index (χ3n) is 4.81. The van der Waals surface area contributed by atoms with Crippen molar-refractivity contribution in [3.05, 3.63) is 57.6 Å². The zero-order chi connectivity index (χ0) is 21.4. The van der Waals surface area contributed by atoms with E-state index in [-0.39, 0.29) is 11.9 Å². The van der Waals surface area contributed by atoms with Gasteiger partial charge in [-0.3, -0.25) is 10.2 Å². The molecule has 2 N–H and O–H groups in total. The minimum Gasteiger partial charge on any atom is -0.493 e. The van der Waals surface area contributed by atoms with Crippen LogP contribution in [0.5, 0.6) is 11.5 Å². The minimum absolute atomic E-state index is 0.0105. The predicted octanol–water partition coefficient (Wildman–Crippen LogP) is 5.12. The highest BCUT2D eigenvalue weighted by atomic mass is 79.9. The Morgan fingerprint density at radius 2 is 1.72 bits per heavy atom. The third-order valence-corrected chi connectivity index (χ3v) is 5.34. The first kappa shape index (κ1) is 22.9. The summed E-state index contributed by atoms with van der Waals surface area (Å²) in [6.07, 6.45) is 2.75. The molecule has 5 nitrogen and oxygen atoms in total. The Labute approximate surface area is 181 Å². The maximum absolute atomic E-state index is 12.1. The second-order valence-corrected chi connectivity index (χ2v) is 7.79. The van der Waals surface area contributed by atoms with Gasteiger partial charge in [-0.05, 0) is 49.1 Å². The smallest absolute Gasteiger partial charge is 0.220 e. The first-order chi connectivity index (χ1) is 13.9. The molecule has 2 aromatic rings. The lowest BCUT2D eigenvalue weighted by molar-refractivity contribution is -0.121. The van der Waals surface area contributed by atoms with Gasteiger partial charge in [0.05, 0.1) is 19.9 Å². The molecule has 0 fully saturated rings. The van der Waals surface area contributed by atoms with E-state index in [0.29, 0.717) is 30.1 Å². The number of hydrogen-bond donors (Lipinski definition) is 2. The van der Waals surface area contributed by atoms with Crippen LogP contribution in [0, 0.1) is 5.41 Å². The normalized spacial score (nSPS) is 11.6. The Bertz CT molecular complexity index is 850.